The van der Waals surface area contributed by atoms with Crippen molar-refractivity contribution in [3.05, 3.63) is 12.0 Å². The zero-order valence-corrected chi connectivity index (χ0v) is 8.52. The average Bonchev–Trinajstić information content (AvgIpc) is 2.86. The Hall–Kier alpha value is -2.38. The highest BCUT2D eigenvalue weighted by molar-refractivity contribution is 5.85. The van der Waals surface area contributed by atoms with Crippen LogP contribution in [0.25, 0.3) is 11.4 Å². The van der Waals surface area contributed by atoms with Gasteiger partial charge in [-0.3, -0.25) is 10.2 Å². The number of rotatable bonds is 3. The van der Waals surface area contributed by atoms with Crippen molar-refractivity contribution in [1.29, 1.82) is 0 Å². The molecule has 8 nitrogen and oxygen atoms in total. The summed E-state index contributed by atoms with van der Waals surface area (Å²) in [7, 11) is 0. The number of esters is 1. The number of nitrogens with zero attached hydrogens (tertiary/aromatic N) is 3. The number of nitrogens with one attached hydrogen (secondary N) is 2. The molecule has 0 amide bonds. The molecule has 2 aromatic heterocycles. The maximum Gasteiger partial charge on any atom is 0.375 e. The molecule has 16 heavy (non-hydrogen) atoms. The number of hydrogen-bond acceptors (Lipinski definition) is 6. The number of ether oxygens (including phenoxy) is 1. The van der Waals surface area contributed by atoms with Gasteiger partial charge in [0.2, 0.25) is 5.82 Å². The Morgan fingerprint density at radius 1 is 1.56 bits per heavy atom. The van der Waals surface area contributed by atoms with Crippen LogP contribution < -0.4 is 5.73 Å². The van der Waals surface area contributed by atoms with E-state index in [4.69, 9.17) is 10.5 Å². The first-order valence-electron chi connectivity index (χ1n) is 4.61. The average molecular weight is 222 g/mol. The summed E-state index contributed by atoms with van der Waals surface area (Å²) >= 11 is 0. The third kappa shape index (κ3) is 1.72. The predicted octanol–water partition coefficient (Wildman–Crippen LogP) is -0.0463. The van der Waals surface area contributed by atoms with E-state index in [2.05, 4.69) is 25.4 Å². The standard InChI is InChI=1S/C8H10N6O2/c1-2-16-8(15)7-11-6(13-14-7)4-3-10-12-5(4)9/h3H,2H2,1H3,(H3,9,10,12)(H,11,13,14). The fourth-order valence-electron chi connectivity index (χ4n) is 1.15. The summed E-state index contributed by atoms with van der Waals surface area (Å²) in [6.45, 7) is 1.99. The lowest BCUT2D eigenvalue weighted by Crippen LogP contribution is -2.06. The van der Waals surface area contributed by atoms with Crippen LogP contribution in [0, 0.1) is 0 Å². The molecule has 2 rings (SSSR count). The maximum absolute atomic E-state index is 11.3. The Bertz CT molecular complexity index is 502. The van der Waals surface area contributed by atoms with Gasteiger partial charge in [0, 0.05) is 0 Å². The summed E-state index contributed by atoms with van der Waals surface area (Å²) in [5.74, 6) is 0.129. The summed E-state index contributed by atoms with van der Waals surface area (Å²) in [4.78, 5) is 15.3. The minimum atomic E-state index is -0.552. The summed E-state index contributed by atoms with van der Waals surface area (Å²) in [5.41, 5.74) is 6.12. The van der Waals surface area contributed by atoms with Crippen LogP contribution in [0.5, 0.6) is 0 Å². The van der Waals surface area contributed by atoms with Crippen molar-refractivity contribution in [2.45, 2.75) is 6.92 Å². The zero-order chi connectivity index (χ0) is 11.5. The largest absolute Gasteiger partial charge is 0.460 e. The van der Waals surface area contributed by atoms with E-state index in [0.29, 0.717) is 17.2 Å². The molecule has 0 aromatic carbocycles. The van der Waals surface area contributed by atoms with E-state index in [9.17, 15) is 4.79 Å². The molecule has 84 valence electrons. The highest BCUT2D eigenvalue weighted by Crippen LogP contribution is 2.18. The lowest BCUT2D eigenvalue weighted by molar-refractivity contribution is 0.0512. The van der Waals surface area contributed by atoms with Gasteiger partial charge < -0.3 is 10.5 Å². The highest BCUT2D eigenvalue weighted by atomic mass is 16.5. The Morgan fingerprint density at radius 3 is 3.00 bits per heavy atom. The Morgan fingerprint density at radius 2 is 2.38 bits per heavy atom. The molecule has 2 heterocycles. The second-order valence-electron chi connectivity index (χ2n) is 2.93. The van der Waals surface area contributed by atoms with Crippen LogP contribution in [0.1, 0.15) is 17.5 Å². The molecule has 0 fully saturated rings. The van der Waals surface area contributed by atoms with E-state index in [-0.39, 0.29) is 12.4 Å². The first kappa shape index (κ1) is 10.1. The fourth-order valence-corrected chi connectivity index (χ4v) is 1.15. The lowest BCUT2D eigenvalue weighted by Gasteiger charge is -1.95. The van der Waals surface area contributed by atoms with Gasteiger partial charge in [-0.05, 0) is 6.92 Å². The van der Waals surface area contributed by atoms with E-state index in [0.717, 1.165) is 0 Å². The molecule has 0 aliphatic heterocycles. The molecule has 0 spiro atoms. The smallest absolute Gasteiger partial charge is 0.375 e. The van der Waals surface area contributed by atoms with Gasteiger partial charge in [-0.1, -0.05) is 0 Å². The first-order chi connectivity index (χ1) is 7.72. The monoisotopic (exact) mass is 222 g/mol. The minimum Gasteiger partial charge on any atom is -0.460 e. The van der Waals surface area contributed by atoms with Crippen LogP contribution in [0.3, 0.4) is 0 Å². The number of anilines is 1. The van der Waals surface area contributed by atoms with Gasteiger partial charge in [-0.15, -0.1) is 0 Å². The zero-order valence-electron chi connectivity index (χ0n) is 8.52. The molecule has 0 aliphatic carbocycles. The van der Waals surface area contributed by atoms with E-state index >= 15 is 0 Å². The number of aromatic amines is 2. The molecular weight excluding hydrogens is 212 g/mol. The summed E-state index contributed by atoms with van der Waals surface area (Å²) < 4.78 is 4.76. The van der Waals surface area contributed by atoms with Crippen molar-refractivity contribution >= 4 is 11.8 Å². The molecule has 0 bridgehead atoms. The second kappa shape index (κ2) is 4.01. The van der Waals surface area contributed by atoms with Crippen LogP contribution in [0.15, 0.2) is 6.20 Å². The molecule has 0 atom stereocenters. The van der Waals surface area contributed by atoms with Gasteiger partial charge in [0.25, 0.3) is 0 Å². The summed E-state index contributed by atoms with van der Waals surface area (Å²) in [6, 6.07) is 0. The van der Waals surface area contributed by atoms with Gasteiger partial charge in [-0.2, -0.15) is 10.2 Å². The Kier molecular flexibility index (Phi) is 2.54. The van der Waals surface area contributed by atoms with E-state index < -0.39 is 5.97 Å². The predicted molar refractivity (Wildman–Crippen MR) is 54.3 cm³/mol. The molecule has 0 saturated heterocycles. The van der Waals surface area contributed by atoms with Crippen LogP contribution >= 0.6 is 0 Å². The third-order valence-electron chi connectivity index (χ3n) is 1.86. The normalized spacial score (nSPS) is 10.3. The van der Waals surface area contributed by atoms with Gasteiger partial charge in [0.15, 0.2) is 5.82 Å². The molecule has 0 saturated carbocycles. The van der Waals surface area contributed by atoms with Crippen LogP contribution in [-0.4, -0.2) is 38.0 Å². The van der Waals surface area contributed by atoms with Crippen molar-refractivity contribution in [1.82, 2.24) is 25.4 Å². The lowest BCUT2D eigenvalue weighted by atomic mass is 10.3. The summed E-state index contributed by atoms with van der Waals surface area (Å²) in [6.07, 6.45) is 1.48. The molecule has 0 radical (unpaired) electrons. The molecule has 2 aromatic rings. The Labute approximate surface area is 90.2 Å². The number of aromatic nitrogens is 5. The molecular formula is C8H10N6O2. The van der Waals surface area contributed by atoms with E-state index in [1.54, 1.807) is 6.92 Å². The van der Waals surface area contributed by atoms with Crippen LogP contribution in [0.4, 0.5) is 5.82 Å². The molecule has 0 aliphatic rings. The van der Waals surface area contributed by atoms with Crippen molar-refractivity contribution in [3.63, 3.8) is 0 Å². The highest BCUT2D eigenvalue weighted by Gasteiger charge is 2.15. The van der Waals surface area contributed by atoms with Gasteiger partial charge in [-0.25, -0.2) is 9.78 Å². The maximum atomic E-state index is 11.3. The van der Waals surface area contributed by atoms with Gasteiger partial charge >= 0.3 is 5.97 Å². The number of carbonyl (C=O) groups is 1. The van der Waals surface area contributed by atoms with E-state index in [1.807, 2.05) is 0 Å². The van der Waals surface area contributed by atoms with Crippen molar-refractivity contribution < 1.29 is 9.53 Å². The molecule has 0 unspecified atom stereocenters. The van der Waals surface area contributed by atoms with Crippen molar-refractivity contribution in [2.75, 3.05) is 12.3 Å². The number of nitrogen functional groups attached to an aromatic ring is 1. The van der Waals surface area contributed by atoms with E-state index in [1.165, 1.54) is 6.20 Å². The van der Waals surface area contributed by atoms with Crippen LogP contribution in [-0.2, 0) is 4.74 Å². The van der Waals surface area contributed by atoms with Crippen LogP contribution in [0.2, 0.25) is 0 Å². The third-order valence-corrected chi connectivity index (χ3v) is 1.86. The number of H-pyrrole nitrogens is 2. The van der Waals surface area contributed by atoms with Gasteiger partial charge in [0.05, 0.1) is 18.4 Å². The number of hydrogen-bond donors (Lipinski definition) is 3. The SMILES string of the molecule is CCOC(=O)c1nc(-c2cn[nH]c2N)n[nH]1. The first-order valence-corrected chi connectivity index (χ1v) is 4.61. The van der Waals surface area contributed by atoms with Crippen molar-refractivity contribution in [3.8, 4) is 11.4 Å². The fraction of sp³-hybridized carbons (Fsp3) is 0.250. The molecule has 4 N–H and O–H groups in total. The Balaban J connectivity index is 2.26. The minimum absolute atomic E-state index is 0.0393. The van der Waals surface area contributed by atoms with Crippen molar-refractivity contribution in [2.24, 2.45) is 0 Å². The quantitative estimate of drug-likeness (QED) is 0.626. The molecule has 8 heteroatoms. The topological polar surface area (TPSA) is 123 Å². The second-order valence-corrected chi connectivity index (χ2v) is 2.93. The van der Waals surface area contributed by atoms with Gasteiger partial charge in [0.1, 0.15) is 5.82 Å². The number of nitrogens with two attached hydrogens (primary N) is 1. The summed E-state index contributed by atoms with van der Waals surface area (Å²) in [5, 5.41) is 12.6. The number of carbonyl (C=O) groups excluding carboxylic acids is 1.